The van der Waals surface area contributed by atoms with Crippen LogP contribution in [-0.2, 0) is 22.3 Å². The summed E-state index contributed by atoms with van der Waals surface area (Å²) in [5.74, 6) is 0.465. The average Bonchev–Trinajstić information content (AvgIpc) is 2.73. The van der Waals surface area contributed by atoms with Gasteiger partial charge in [-0.1, -0.05) is 6.07 Å². The van der Waals surface area contributed by atoms with E-state index in [2.05, 4.69) is 0 Å². The Balaban J connectivity index is 1.58. The summed E-state index contributed by atoms with van der Waals surface area (Å²) in [6.45, 7) is 0.496. The largest absolute Gasteiger partial charge is 0.508 e. The van der Waals surface area contributed by atoms with E-state index in [0.29, 0.717) is 23.7 Å². The zero-order valence-corrected chi connectivity index (χ0v) is 17.2. The molecule has 0 fully saturated rings. The molecule has 6 heteroatoms. The lowest BCUT2D eigenvalue weighted by molar-refractivity contribution is 0.0257. The van der Waals surface area contributed by atoms with Crippen LogP contribution in [0, 0.1) is 0 Å². The second-order valence-electron chi connectivity index (χ2n) is 7.68. The number of esters is 1. The Morgan fingerprint density at radius 3 is 2.67 bits per heavy atom. The second-order valence-corrected chi connectivity index (χ2v) is 7.68. The molecule has 0 bridgehead atoms. The molecule has 3 rings (SSSR count). The molecule has 6 nitrogen and oxygen atoms in total. The third-order valence-electron chi connectivity index (χ3n) is 5.57. The van der Waals surface area contributed by atoms with Crippen molar-refractivity contribution in [3.8, 4) is 11.5 Å². The molecule has 0 spiro atoms. The summed E-state index contributed by atoms with van der Waals surface area (Å²) in [6.07, 6.45) is 5.78. The minimum absolute atomic E-state index is 0.0668. The Labute approximate surface area is 177 Å². The normalized spacial score (nSPS) is 15.6. The van der Waals surface area contributed by atoms with Crippen LogP contribution in [0.25, 0.3) is 0 Å². The maximum Gasteiger partial charge on any atom is 0.338 e. The molecule has 1 aliphatic carbocycles. The van der Waals surface area contributed by atoms with Crippen molar-refractivity contribution in [2.75, 3.05) is 26.4 Å². The van der Waals surface area contributed by atoms with Crippen LogP contribution in [0.15, 0.2) is 36.4 Å². The van der Waals surface area contributed by atoms with E-state index < -0.39 is 5.97 Å². The molecular weight excluding hydrogens is 384 g/mol. The van der Waals surface area contributed by atoms with Crippen molar-refractivity contribution >= 4 is 5.97 Å². The number of aliphatic hydroxyl groups excluding tert-OH is 1. The number of phenols is 2. The predicted molar refractivity (Wildman–Crippen MR) is 113 cm³/mol. The zero-order valence-electron chi connectivity index (χ0n) is 17.2. The van der Waals surface area contributed by atoms with Gasteiger partial charge in [-0.15, -0.1) is 0 Å². The van der Waals surface area contributed by atoms with Crippen molar-refractivity contribution < 1.29 is 29.6 Å². The first-order valence-corrected chi connectivity index (χ1v) is 10.6. The molecular formula is C24H30O6. The number of aliphatic hydroxyl groups is 1. The first-order chi connectivity index (χ1) is 14.6. The molecule has 2 aromatic carbocycles. The Bertz CT molecular complexity index is 848. The molecule has 3 N–H and O–H groups in total. The van der Waals surface area contributed by atoms with Gasteiger partial charge < -0.3 is 24.8 Å². The molecule has 0 heterocycles. The standard InChI is InChI=1S/C24H30O6/c25-11-12-29-13-14-30-24(28)23-10-8-21(27)16-19(23)6-2-4-17-3-1-5-18-15-20(26)7-9-22(17)18/h7-10,15-17,25-27H,1-6,11-14H2. The van der Waals surface area contributed by atoms with Gasteiger partial charge in [-0.2, -0.15) is 0 Å². The van der Waals surface area contributed by atoms with Crippen LogP contribution in [0.3, 0.4) is 0 Å². The van der Waals surface area contributed by atoms with Gasteiger partial charge in [0.15, 0.2) is 0 Å². The van der Waals surface area contributed by atoms with E-state index in [1.54, 1.807) is 18.2 Å². The SMILES string of the molecule is O=C(OCCOCCO)c1ccc(O)cc1CCCC1CCCc2cc(O)ccc21. The summed E-state index contributed by atoms with van der Waals surface area (Å²) in [7, 11) is 0. The van der Waals surface area contributed by atoms with Crippen LogP contribution in [0.5, 0.6) is 11.5 Å². The van der Waals surface area contributed by atoms with Crippen LogP contribution in [0.2, 0.25) is 0 Å². The highest BCUT2D eigenvalue weighted by Crippen LogP contribution is 2.36. The molecule has 0 radical (unpaired) electrons. The summed E-state index contributed by atoms with van der Waals surface area (Å²) in [4.78, 5) is 12.4. The van der Waals surface area contributed by atoms with E-state index in [1.807, 2.05) is 12.1 Å². The highest BCUT2D eigenvalue weighted by atomic mass is 16.6. The topological polar surface area (TPSA) is 96.2 Å². The number of benzene rings is 2. The summed E-state index contributed by atoms with van der Waals surface area (Å²) in [5.41, 5.74) is 3.79. The van der Waals surface area contributed by atoms with E-state index in [-0.39, 0.29) is 32.2 Å². The molecule has 0 aliphatic heterocycles. The van der Waals surface area contributed by atoms with Crippen molar-refractivity contribution in [3.63, 3.8) is 0 Å². The van der Waals surface area contributed by atoms with Crippen LogP contribution >= 0.6 is 0 Å². The number of aromatic hydroxyl groups is 2. The number of carbonyl (C=O) groups excluding carboxylic acids is 1. The van der Waals surface area contributed by atoms with Crippen molar-refractivity contribution in [1.82, 2.24) is 0 Å². The Hall–Kier alpha value is -2.57. The lowest BCUT2D eigenvalue weighted by atomic mass is 9.80. The first-order valence-electron chi connectivity index (χ1n) is 10.6. The summed E-state index contributed by atoms with van der Waals surface area (Å²) in [6, 6.07) is 10.4. The smallest absolute Gasteiger partial charge is 0.338 e. The number of carbonyl (C=O) groups is 1. The number of rotatable bonds is 10. The third-order valence-corrected chi connectivity index (χ3v) is 5.57. The number of ether oxygens (including phenoxy) is 2. The zero-order chi connectivity index (χ0) is 21.3. The van der Waals surface area contributed by atoms with Crippen LogP contribution < -0.4 is 0 Å². The number of hydrogen-bond acceptors (Lipinski definition) is 6. The maximum atomic E-state index is 12.4. The molecule has 0 aromatic heterocycles. The van der Waals surface area contributed by atoms with Gasteiger partial charge in [-0.05, 0) is 91.5 Å². The van der Waals surface area contributed by atoms with Crippen molar-refractivity contribution in [1.29, 1.82) is 0 Å². The lowest BCUT2D eigenvalue weighted by Gasteiger charge is -2.25. The lowest BCUT2D eigenvalue weighted by Crippen LogP contribution is -2.14. The van der Waals surface area contributed by atoms with E-state index in [9.17, 15) is 15.0 Å². The van der Waals surface area contributed by atoms with Crippen LogP contribution in [0.4, 0.5) is 0 Å². The van der Waals surface area contributed by atoms with Gasteiger partial charge in [0.05, 0.1) is 25.4 Å². The molecule has 0 saturated carbocycles. The van der Waals surface area contributed by atoms with E-state index >= 15 is 0 Å². The molecule has 2 aromatic rings. The predicted octanol–water partition coefficient (Wildman–Crippen LogP) is 3.71. The highest BCUT2D eigenvalue weighted by molar-refractivity contribution is 5.91. The first kappa shape index (κ1) is 22.1. The van der Waals surface area contributed by atoms with Gasteiger partial charge in [-0.3, -0.25) is 0 Å². The minimum atomic E-state index is -0.434. The quantitative estimate of drug-likeness (QED) is 0.405. The molecule has 1 atom stereocenters. The van der Waals surface area contributed by atoms with E-state index in [4.69, 9.17) is 14.6 Å². The fourth-order valence-corrected chi connectivity index (χ4v) is 4.16. The van der Waals surface area contributed by atoms with Gasteiger partial charge >= 0.3 is 5.97 Å². The summed E-state index contributed by atoms with van der Waals surface area (Å²) < 4.78 is 10.4. The minimum Gasteiger partial charge on any atom is -0.508 e. The number of phenolic OH excluding ortho intramolecular Hbond substituents is 2. The van der Waals surface area contributed by atoms with Crippen LogP contribution in [-0.4, -0.2) is 47.7 Å². The fraction of sp³-hybridized carbons (Fsp3) is 0.458. The summed E-state index contributed by atoms with van der Waals surface area (Å²) in [5, 5.41) is 28.3. The van der Waals surface area contributed by atoms with Gasteiger partial charge in [0.25, 0.3) is 0 Å². The van der Waals surface area contributed by atoms with Crippen molar-refractivity contribution in [2.24, 2.45) is 0 Å². The maximum absolute atomic E-state index is 12.4. The number of fused-ring (bicyclic) bond motifs is 1. The molecule has 1 unspecified atom stereocenters. The molecule has 30 heavy (non-hydrogen) atoms. The van der Waals surface area contributed by atoms with Gasteiger partial charge in [0.2, 0.25) is 0 Å². The fourth-order valence-electron chi connectivity index (χ4n) is 4.16. The second kappa shape index (κ2) is 11.0. The third kappa shape index (κ3) is 5.97. The van der Waals surface area contributed by atoms with Gasteiger partial charge in [0, 0.05) is 0 Å². The molecule has 0 saturated heterocycles. The van der Waals surface area contributed by atoms with Gasteiger partial charge in [-0.25, -0.2) is 4.79 Å². The number of aryl methyl sites for hydroxylation is 2. The molecule has 1 aliphatic rings. The van der Waals surface area contributed by atoms with E-state index in [0.717, 1.165) is 37.7 Å². The van der Waals surface area contributed by atoms with Crippen LogP contribution in [0.1, 0.15) is 58.6 Å². The van der Waals surface area contributed by atoms with Gasteiger partial charge in [0.1, 0.15) is 18.1 Å². The molecule has 162 valence electrons. The van der Waals surface area contributed by atoms with Crippen molar-refractivity contribution in [3.05, 3.63) is 58.7 Å². The number of hydrogen-bond donors (Lipinski definition) is 3. The average molecular weight is 414 g/mol. The Morgan fingerprint density at radius 2 is 1.83 bits per heavy atom. The highest BCUT2D eigenvalue weighted by Gasteiger charge is 2.21. The Kier molecular flexibility index (Phi) is 8.11. The van der Waals surface area contributed by atoms with E-state index in [1.165, 1.54) is 17.2 Å². The summed E-state index contributed by atoms with van der Waals surface area (Å²) >= 11 is 0. The molecule has 0 amide bonds. The van der Waals surface area contributed by atoms with Crippen molar-refractivity contribution in [2.45, 2.75) is 44.4 Å². The Morgan fingerprint density at radius 1 is 1.03 bits per heavy atom. The monoisotopic (exact) mass is 414 g/mol.